The first kappa shape index (κ1) is 26.1. The Morgan fingerprint density at radius 2 is 1.77 bits per heavy atom. The molecular weight excluding hydrogens is 446 g/mol. The summed E-state index contributed by atoms with van der Waals surface area (Å²) in [6.07, 6.45) is 2.00. The van der Waals surface area contributed by atoms with Crippen molar-refractivity contribution in [1.82, 2.24) is 5.32 Å². The van der Waals surface area contributed by atoms with Gasteiger partial charge in [0, 0.05) is 11.6 Å². The third-order valence-corrected chi connectivity index (χ3v) is 5.90. The molecule has 8 nitrogen and oxygen atoms in total. The van der Waals surface area contributed by atoms with E-state index in [2.05, 4.69) is 15.6 Å². The number of hydrogen-bond acceptors (Lipinski definition) is 6. The van der Waals surface area contributed by atoms with Crippen LogP contribution >= 0.6 is 0 Å². The van der Waals surface area contributed by atoms with E-state index in [9.17, 15) is 14.4 Å². The van der Waals surface area contributed by atoms with Gasteiger partial charge >= 0.3 is 0 Å². The third-order valence-electron chi connectivity index (χ3n) is 5.90. The molecule has 1 aliphatic rings. The topological polar surface area (TPSA) is 106 Å². The normalized spacial score (nSPS) is 18.9. The number of amides is 2. The molecule has 8 heteroatoms. The number of ether oxygens (including phenoxy) is 2. The van der Waals surface area contributed by atoms with Crippen LogP contribution in [0.25, 0.3) is 0 Å². The van der Waals surface area contributed by atoms with Crippen molar-refractivity contribution >= 4 is 23.6 Å². The summed E-state index contributed by atoms with van der Waals surface area (Å²) in [6.45, 7) is 8.93. The predicted octanol–water partition coefficient (Wildman–Crippen LogP) is 3.76. The molecule has 0 spiro atoms. The van der Waals surface area contributed by atoms with E-state index in [0.717, 1.165) is 11.1 Å². The smallest absolute Gasteiger partial charge is 0.249 e. The average molecular weight is 480 g/mol. The van der Waals surface area contributed by atoms with Crippen molar-refractivity contribution in [3.8, 4) is 5.75 Å². The lowest BCUT2D eigenvalue weighted by Crippen LogP contribution is -2.56. The van der Waals surface area contributed by atoms with Crippen molar-refractivity contribution in [2.75, 3.05) is 12.4 Å². The van der Waals surface area contributed by atoms with E-state index < -0.39 is 29.2 Å². The molecule has 1 heterocycles. The lowest BCUT2D eigenvalue weighted by Gasteiger charge is -2.37. The van der Waals surface area contributed by atoms with Crippen LogP contribution in [0.5, 0.6) is 5.75 Å². The van der Waals surface area contributed by atoms with Crippen molar-refractivity contribution in [3.05, 3.63) is 59.7 Å². The number of para-hydroxylation sites is 1. The maximum atomic E-state index is 13.5. The minimum Gasteiger partial charge on any atom is -0.497 e. The number of anilines is 1. The molecule has 0 aliphatic carbocycles. The lowest BCUT2D eigenvalue weighted by atomic mass is 9.85. The van der Waals surface area contributed by atoms with E-state index in [0.29, 0.717) is 17.9 Å². The Morgan fingerprint density at radius 1 is 1.11 bits per heavy atom. The Bertz CT molecular complexity index is 1110. The number of benzene rings is 2. The van der Waals surface area contributed by atoms with Crippen molar-refractivity contribution < 1.29 is 23.9 Å². The number of carbonyl (C=O) groups is 2. The summed E-state index contributed by atoms with van der Waals surface area (Å²) in [5, 5.41) is 5.79. The highest BCUT2D eigenvalue weighted by Crippen LogP contribution is 2.33. The number of isocyanates is 1. The molecule has 2 amide bonds. The van der Waals surface area contributed by atoms with Gasteiger partial charge in [0.1, 0.15) is 11.8 Å². The molecule has 35 heavy (non-hydrogen) atoms. The van der Waals surface area contributed by atoms with Gasteiger partial charge in [0.2, 0.25) is 17.9 Å². The highest BCUT2D eigenvalue weighted by atomic mass is 16.5. The number of methoxy groups -OCH3 is 1. The number of rotatable bonds is 7. The molecule has 3 rings (SSSR count). The van der Waals surface area contributed by atoms with E-state index >= 15 is 0 Å². The van der Waals surface area contributed by atoms with Crippen LogP contribution < -0.4 is 15.4 Å². The lowest BCUT2D eigenvalue weighted by molar-refractivity contribution is -0.147. The zero-order valence-electron chi connectivity index (χ0n) is 21.0. The largest absolute Gasteiger partial charge is 0.497 e. The second-order valence-electron chi connectivity index (χ2n) is 10.2. The summed E-state index contributed by atoms with van der Waals surface area (Å²) in [5.41, 5.74) is 0.805. The Kier molecular flexibility index (Phi) is 7.78. The fraction of sp³-hybridized carbons (Fsp3) is 0.444. The minimum atomic E-state index is -1.20. The molecule has 3 atom stereocenters. The average Bonchev–Trinajstić information content (AvgIpc) is 2.92. The van der Waals surface area contributed by atoms with Gasteiger partial charge in [-0.2, -0.15) is 4.99 Å². The SMILES string of the molecule is COc1ccc(C2Cc3ccccc3NC(=O)C2NC(=O)C(N=C=O)C(C)(C)OC(C)(C)C)cc1. The Hall–Kier alpha value is -3.48. The van der Waals surface area contributed by atoms with Crippen LogP contribution in [0.1, 0.15) is 51.7 Å². The van der Waals surface area contributed by atoms with Crippen LogP contribution in [0.2, 0.25) is 0 Å². The van der Waals surface area contributed by atoms with Gasteiger partial charge in [-0.05, 0) is 70.4 Å². The first-order chi connectivity index (χ1) is 16.4. The monoisotopic (exact) mass is 479 g/mol. The summed E-state index contributed by atoms with van der Waals surface area (Å²) < 4.78 is 11.3. The van der Waals surface area contributed by atoms with Gasteiger partial charge in [0.15, 0.2) is 6.04 Å². The highest BCUT2D eigenvalue weighted by Gasteiger charge is 2.42. The third kappa shape index (κ3) is 6.35. The van der Waals surface area contributed by atoms with Gasteiger partial charge in [-0.25, -0.2) is 4.79 Å². The number of nitrogens with zero attached hydrogens (tertiary/aromatic N) is 1. The molecule has 186 valence electrons. The van der Waals surface area contributed by atoms with Crippen LogP contribution in [0.3, 0.4) is 0 Å². The molecule has 0 aromatic heterocycles. The molecular formula is C27H33N3O5. The molecule has 0 saturated heterocycles. The van der Waals surface area contributed by atoms with Crippen LogP contribution in [0, 0.1) is 0 Å². The second-order valence-corrected chi connectivity index (χ2v) is 10.2. The maximum Gasteiger partial charge on any atom is 0.249 e. The van der Waals surface area contributed by atoms with Crippen molar-refractivity contribution in [2.45, 2.75) is 70.2 Å². The van der Waals surface area contributed by atoms with Crippen LogP contribution in [-0.4, -0.2) is 48.3 Å². The molecule has 3 unspecified atom stereocenters. The quantitative estimate of drug-likeness (QED) is 0.465. The van der Waals surface area contributed by atoms with Crippen LogP contribution in [0.4, 0.5) is 5.69 Å². The van der Waals surface area contributed by atoms with Crippen molar-refractivity contribution in [1.29, 1.82) is 0 Å². The summed E-state index contributed by atoms with van der Waals surface area (Å²) in [6, 6.07) is 12.9. The molecule has 1 aliphatic heterocycles. The van der Waals surface area contributed by atoms with E-state index in [-0.39, 0.29) is 11.8 Å². The molecule has 0 saturated carbocycles. The first-order valence-corrected chi connectivity index (χ1v) is 11.6. The van der Waals surface area contributed by atoms with Gasteiger partial charge in [-0.15, -0.1) is 0 Å². The number of nitrogens with one attached hydrogen (secondary N) is 2. The summed E-state index contributed by atoms with van der Waals surface area (Å²) >= 11 is 0. The molecule has 0 bridgehead atoms. The molecule has 0 radical (unpaired) electrons. The maximum absolute atomic E-state index is 13.5. The second kappa shape index (κ2) is 10.4. The number of fused-ring (bicyclic) bond motifs is 1. The Morgan fingerprint density at radius 3 is 2.37 bits per heavy atom. The first-order valence-electron chi connectivity index (χ1n) is 11.6. The van der Waals surface area contributed by atoms with E-state index in [1.165, 1.54) is 6.08 Å². The van der Waals surface area contributed by atoms with Crippen LogP contribution in [-0.2, 0) is 25.5 Å². The van der Waals surface area contributed by atoms with Crippen molar-refractivity contribution in [2.24, 2.45) is 4.99 Å². The van der Waals surface area contributed by atoms with Crippen molar-refractivity contribution in [3.63, 3.8) is 0 Å². The van der Waals surface area contributed by atoms with Gasteiger partial charge in [0.25, 0.3) is 0 Å². The zero-order chi connectivity index (χ0) is 25.8. The number of aliphatic imine (C=N–C) groups is 1. The Labute approximate surface area is 206 Å². The van der Waals surface area contributed by atoms with E-state index in [1.54, 1.807) is 21.0 Å². The summed E-state index contributed by atoms with van der Waals surface area (Å²) in [4.78, 5) is 41.8. The predicted molar refractivity (Wildman–Crippen MR) is 133 cm³/mol. The fourth-order valence-corrected chi connectivity index (χ4v) is 4.56. The molecule has 2 aromatic rings. The van der Waals surface area contributed by atoms with Gasteiger partial charge in [-0.1, -0.05) is 30.3 Å². The molecule has 2 aromatic carbocycles. The van der Waals surface area contributed by atoms with Gasteiger partial charge < -0.3 is 20.1 Å². The molecule has 0 fully saturated rings. The summed E-state index contributed by atoms with van der Waals surface area (Å²) in [7, 11) is 1.59. The summed E-state index contributed by atoms with van der Waals surface area (Å²) in [5.74, 6) is -0.630. The van der Waals surface area contributed by atoms with E-state index in [4.69, 9.17) is 9.47 Å². The number of carbonyl (C=O) groups excluding carboxylic acids is 3. The zero-order valence-corrected chi connectivity index (χ0v) is 21.0. The van der Waals surface area contributed by atoms with E-state index in [1.807, 2.05) is 69.3 Å². The molecule has 2 N–H and O–H groups in total. The Balaban J connectivity index is 1.99. The minimum absolute atomic E-state index is 0.354. The highest BCUT2D eigenvalue weighted by molar-refractivity contribution is 6.00. The fourth-order valence-electron chi connectivity index (χ4n) is 4.56. The standard InChI is InChI=1S/C27H33N3O5/c1-26(2,3)35-27(4,5)23(28-16-31)25(33)30-22-20(17-11-13-19(34-6)14-12-17)15-18-9-7-8-10-21(18)29-24(22)32/h7-14,20,22-23H,15H2,1-6H3,(H,29,32)(H,30,33). The van der Waals surface area contributed by atoms with Gasteiger partial charge in [-0.3, -0.25) is 9.59 Å². The van der Waals surface area contributed by atoms with Gasteiger partial charge in [0.05, 0.1) is 18.3 Å². The number of hydrogen-bond donors (Lipinski definition) is 2. The van der Waals surface area contributed by atoms with Crippen LogP contribution in [0.15, 0.2) is 53.5 Å².